The first kappa shape index (κ1) is 31.9. The second-order valence-electron chi connectivity index (χ2n) is 10.4. The SMILES string of the molecule is CCOc1cc(=O)[nH]cc1-c1ccc(CC(=O)Nc2cc(C(=O)N3CC[C@@H](N(C)C)C3)cc(S(F)(F)(F)(F)F)c2)c(F)c1. The maximum Gasteiger partial charge on any atom is 0.310 e. The highest BCUT2D eigenvalue weighted by atomic mass is 32.5. The minimum Gasteiger partial charge on any atom is -0.493 e. The van der Waals surface area contributed by atoms with Crippen molar-refractivity contribution in [3.05, 3.63) is 76.0 Å². The molecule has 43 heavy (non-hydrogen) atoms. The third-order valence-electron chi connectivity index (χ3n) is 6.96. The highest BCUT2D eigenvalue weighted by Gasteiger charge is 2.65. The molecule has 1 aliphatic heterocycles. The molecule has 2 N–H and O–H groups in total. The van der Waals surface area contributed by atoms with Crippen LogP contribution in [-0.2, 0) is 11.2 Å². The van der Waals surface area contributed by atoms with Crippen LogP contribution in [0.4, 0.5) is 29.5 Å². The second kappa shape index (κ2) is 10.9. The summed E-state index contributed by atoms with van der Waals surface area (Å²) in [6.45, 7) is 2.34. The van der Waals surface area contributed by atoms with Crippen LogP contribution in [0.15, 0.2) is 58.4 Å². The molecule has 0 radical (unpaired) electrons. The van der Waals surface area contributed by atoms with Crippen molar-refractivity contribution in [2.45, 2.75) is 30.7 Å². The summed E-state index contributed by atoms with van der Waals surface area (Å²) >= 11 is 0. The minimum atomic E-state index is -10.3. The molecule has 3 aromatic rings. The van der Waals surface area contributed by atoms with Gasteiger partial charge in [0, 0.05) is 48.2 Å². The average Bonchev–Trinajstić information content (AvgIpc) is 3.39. The molecule has 234 valence electrons. The normalized spacial score (nSPS) is 17.0. The Kier molecular flexibility index (Phi) is 8.13. The number of nitrogens with one attached hydrogen (secondary N) is 2. The molecule has 2 aromatic carbocycles. The molecule has 4 rings (SSSR count). The number of nitrogens with zero attached hydrogens (tertiary/aromatic N) is 2. The number of rotatable bonds is 9. The van der Waals surface area contributed by atoms with Gasteiger partial charge in [-0.05, 0) is 62.8 Å². The fraction of sp³-hybridized carbons (Fsp3) is 0.321. The van der Waals surface area contributed by atoms with E-state index in [1.807, 2.05) is 4.90 Å². The smallest absolute Gasteiger partial charge is 0.310 e. The van der Waals surface area contributed by atoms with E-state index in [1.54, 1.807) is 21.0 Å². The summed E-state index contributed by atoms with van der Waals surface area (Å²) in [7, 11) is -6.70. The molecule has 0 saturated carbocycles. The molecule has 1 aliphatic rings. The number of aromatic amines is 1. The second-order valence-corrected chi connectivity index (χ2v) is 12.8. The molecule has 0 spiro atoms. The zero-order valence-corrected chi connectivity index (χ0v) is 24.3. The van der Waals surface area contributed by atoms with Crippen LogP contribution in [0, 0.1) is 5.82 Å². The number of hydrogen-bond donors (Lipinski definition) is 2. The van der Waals surface area contributed by atoms with Gasteiger partial charge in [0.05, 0.1) is 13.0 Å². The van der Waals surface area contributed by atoms with E-state index in [4.69, 9.17) is 4.74 Å². The number of pyridine rings is 1. The number of anilines is 1. The monoisotopic (exact) mass is 632 g/mol. The lowest BCUT2D eigenvalue weighted by Crippen LogP contribution is -2.34. The average molecular weight is 633 g/mol. The van der Waals surface area contributed by atoms with Crippen molar-refractivity contribution in [3.63, 3.8) is 0 Å². The van der Waals surface area contributed by atoms with Crippen molar-refractivity contribution >= 4 is 27.7 Å². The summed E-state index contributed by atoms with van der Waals surface area (Å²) in [6, 6.07) is 5.98. The van der Waals surface area contributed by atoms with Gasteiger partial charge < -0.3 is 24.8 Å². The number of likely N-dealkylation sites (N-methyl/N-ethyl adjacent to an activating group) is 1. The van der Waals surface area contributed by atoms with Gasteiger partial charge >= 0.3 is 10.2 Å². The number of benzene rings is 2. The number of halogens is 6. The number of amides is 2. The number of carbonyl (C=O) groups is 2. The van der Waals surface area contributed by atoms with Crippen LogP contribution in [0.2, 0.25) is 0 Å². The third-order valence-corrected chi connectivity index (χ3v) is 8.09. The van der Waals surface area contributed by atoms with Gasteiger partial charge in [0.1, 0.15) is 16.5 Å². The van der Waals surface area contributed by atoms with Crippen molar-refractivity contribution in [1.29, 1.82) is 0 Å². The van der Waals surface area contributed by atoms with E-state index in [0.717, 1.165) is 12.1 Å². The van der Waals surface area contributed by atoms with E-state index >= 15 is 0 Å². The number of carbonyl (C=O) groups excluding carboxylic acids is 2. The maximum atomic E-state index is 15.0. The Morgan fingerprint density at radius 3 is 2.42 bits per heavy atom. The molecule has 0 aliphatic carbocycles. The fourth-order valence-electron chi connectivity index (χ4n) is 4.74. The van der Waals surface area contributed by atoms with Crippen LogP contribution in [-0.4, -0.2) is 66.4 Å². The van der Waals surface area contributed by atoms with Gasteiger partial charge in [-0.3, -0.25) is 14.4 Å². The fourth-order valence-corrected chi connectivity index (χ4v) is 5.44. The molecule has 2 amide bonds. The van der Waals surface area contributed by atoms with Crippen molar-refractivity contribution in [2.24, 2.45) is 0 Å². The lowest BCUT2D eigenvalue weighted by atomic mass is 10.0. The van der Waals surface area contributed by atoms with E-state index in [-0.39, 0.29) is 49.2 Å². The van der Waals surface area contributed by atoms with Gasteiger partial charge in [-0.1, -0.05) is 31.6 Å². The highest BCUT2D eigenvalue weighted by molar-refractivity contribution is 8.45. The number of aromatic nitrogens is 1. The van der Waals surface area contributed by atoms with Gasteiger partial charge in [-0.25, -0.2) is 4.39 Å². The molecule has 8 nitrogen and oxygen atoms in total. The van der Waals surface area contributed by atoms with Gasteiger partial charge in [-0.15, -0.1) is 0 Å². The Labute approximate surface area is 243 Å². The lowest BCUT2D eigenvalue weighted by molar-refractivity contribution is -0.115. The predicted octanol–water partition coefficient (Wildman–Crippen LogP) is 6.19. The topological polar surface area (TPSA) is 94.7 Å². The molecular weight excluding hydrogens is 602 g/mol. The first-order valence-corrected chi connectivity index (χ1v) is 15.1. The summed E-state index contributed by atoms with van der Waals surface area (Å²) in [6.07, 6.45) is 1.22. The molecule has 0 unspecified atom stereocenters. The first-order valence-electron chi connectivity index (χ1n) is 13.1. The Balaban J connectivity index is 1.59. The standard InChI is InChI=1S/C28H30F6N4O4S/c1-4-42-25-14-26(39)35-15-23(25)17-5-6-18(24(29)11-17)12-27(40)36-20-9-19(10-22(13-20)43(30,31,32,33)34)28(41)38-8-7-21(16-38)37(2)3/h5-6,9-11,13-15,21H,4,7-8,12,16H2,1-3H3,(H,35,39)(H,36,40)/t21-/m1/s1. The van der Waals surface area contributed by atoms with Gasteiger partial charge in [0.25, 0.3) is 11.5 Å². The minimum absolute atomic E-state index is 0.0573. The first-order chi connectivity index (χ1) is 19.8. The number of ether oxygens (including phenoxy) is 1. The summed E-state index contributed by atoms with van der Waals surface area (Å²) in [5.41, 5.74) is -1.24. The molecule has 1 fully saturated rings. The molecule has 0 bridgehead atoms. The maximum absolute atomic E-state index is 15.0. The Hall–Kier alpha value is -3.98. The quantitative estimate of drug-likeness (QED) is 0.274. The van der Waals surface area contributed by atoms with E-state index < -0.39 is 56.0 Å². The zero-order chi connectivity index (χ0) is 31.8. The number of likely N-dealkylation sites (tertiary alicyclic amines) is 1. The predicted molar refractivity (Wildman–Crippen MR) is 152 cm³/mol. The van der Waals surface area contributed by atoms with Crippen LogP contribution in [0.1, 0.15) is 29.3 Å². The molecule has 2 heterocycles. The highest BCUT2D eigenvalue weighted by Crippen LogP contribution is 3.02. The molecule has 1 atom stereocenters. The molecule has 15 heteroatoms. The summed E-state index contributed by atoms with van der Waals surface area (Å²) < 4.78 is 89.5. The van der Waals surface area contributed by atoms with Crippen LogP contribution in [0.25, 0.3) is 11.1 Å². The van der Waals surface area contributed by atoms with Gasteiger partial charge in [0.2, 0.25) is 5.91 Å². The van der Waals surface area contributed by atoms with Crippen molar-refractivity contribution in [1.82, 2.24) is 14.8 Å². The zero-order valence-electron chi connectivity index (χ0n) is 23.4. The van der Waals surface area contributed by atoms with E-state index in [2.05, 4.69) is 10.3 Å². The number of hydrogen-bond acceptors (Lipinski definition) is 5. The third kappa shape index (κ3) is 7.70. The molecule has 1 aromatic heterocycles. The van der Waals surface area contributed by atoms with Crippen molar-refractivity contribution in [2.75, 3.05) is 39.1 Å². The van der Waals surface area contributed by atoms with Crippen LogP contribution in [0.3, 0.4) is 0 Å². The van der Waals surface area contributed by atoms with E-state index in [0.29, 0.717) is 17.5 Å². The summed E-state index contributed by atoms with van der Waals surface area (Å²) in [5.74, 6) is -2.53. The summed E-state index contributed by atoms with van der Waals surface area (Å²) in [4.78, 5) is 40.6. The molecular formula is C28H30F6N4O4S. The Bertz CT molecular complexity index is 1630. The van der Waals surface area contributed by atoms with Crippen LogP contribution in [0.5, 0.6) is 5.75 Å². The van der Waals surface area contributed by atoms with Crippen LogP contribution >= 0.6 is 10.2 Å². The lowest BCUT2D eigenvalue weighted by Gasteiger charge is -2.41. The van der Waals surface area contributed by atoms with Crippen molar-refractivity contribution < 1.29 is 38.1 Å². The van der Waals surface area contributed by atoms with E-state index in [9.17, 15) is 38.2 Å². The largest absolute Gasteiger partial charge is 0.493 e. The number of H-pyrrole nitrogens is 1. The molecule has 1 saturated heterocycles. The summed E-state index contributed by atoms with van der Waals surface area (Å²) in [5, 5.41) is 2.10. The van der Waals surface area contributed by atoms with Crippen LogP contribution < -0.4 is 15.6 Å². The van der Waals surface area contributed by atoms with Gasteiger partial charge in [0.15, 0.2) is 0 Å². The Morgan fingerprint density at radius 1 is 1.09 bits per heavy atom. The van der Waals surface area contributed by atoms with Gasteiger partial charge in [-0.2, -0.15) is 0 Å². The van der Waals surface area contributed by atoms with E-state index in [1.165, 1.54) is 29.3 Å². The Morgan fingerprint density at radius 2 is 1.81 bits per heavy atom. The van der Waals surface area contributed by atoms with Crippen molar-refractivity contribution in [3.8, 4) is 16.9 Å².